The lowest BCUT2D eigenvalue weighted by Gasteiger charge is -2.24. The number of fused-ring (bicyclic) bond motifs is 1. The summed E-state index contributed by atoms with van der Waals surface area (Å²) in [6.45, 7) is 7.38. The number of nitrogens with zero attached hydrogens (tertiary/aromatic N) is 3. The van der Waals surface area contributed by atoms with E-state index in [0.29, 0.717) is 30.4 Å². The largest absolute Gasteiger partial charge is 0.487 e. The van der Waals surface area contributed by atoms with Crippen LogP contribution in [0, 0.1) is 12.8 Å². The predicted octanol–water partition coefficient (Wildman–Crippen LogP) is 3.72. The number of imidazole rings is 1. The van der Waals surface area contributed by atoms with Crippen molar-refractivity contribution in [3.63, 3.8) is 0 Å². The van der Waals surface area contributed by atoms with Gasteiger partial charge in [0.25, 0.3) is 5.91 Å². The maximum Gasteiger partial charge on any atom is 0.253 e. The van der Waals surface area contributed by atoms with E-state index in [2.05, 4.69) is 11.9 Å². The summed E-state index contributed by atoms with van der Waals surface area (Å²) in [6, 6.07) is 11.4. The molecule has 1 fully saturated rings. The van der Waals surface area contributed by atoms with E-state index in [4.69, 9.17) is 9.47 Å². The van der Waals surface area contributed by atoms with Crippen molar-refractivity contribution in [2.24, 2.45) is 5.92 Å². The molecule has 1 aromatic carbocycles. The van der Waals surface area contributed by atoms with Crippen molar-refractivity contribution in [2.45, 2.75) is 26.9 Å². The normalized spacial score (nSPS) is 16.3. The van der Waals surface area contributed by atoms with Crippen molar-refractivity contribution in [3.8, 4) is 5.75 Å². The van der Waals surface area contributed by atoms with Crippen LogP contribution >= 0.6 is 0 Å². The Bertz CT molecular complexity index is 992. The molecular formula is C23H27N3O3. The lowest BCUT2D eigenvalue weighted by Crippen LogP contribution is -2.35. The maximum atomic E-state index is 13.0. The summed E-state index contributed by atoms with van der Waals surface area (Å²) < 4.78 is 13.4. The molecule has 2 aromatic heterocycles. The number of pyridine rings is 1. The summed E-state index contributed by atoms with van der Waals surface area (Å²) in [5.41, 5.74) is 3.57. The summed E-state index contributed by atoms with van der Waals surface area (Å²) >= 11 is 0. The standard InChI is InChI=1S/C23H27N3O3/c1-3-25(13-18-9-10-28-15-18)23(27)19-5-4-6-21(11-19)29-16-20-14-26-12-17(2)7-8-22(26)24-20/h4-8,11-12,14,18H,3,9-10,13,15-16H2,1-2H3. The average Bonchev–Trinajstić information content (AvgIpc) is 3.39. The molecule has 152 valence electrons. The second kappa shape index (κ2) is 8.66. The number of carbonyl (C=O) groups excluding carboxylic acids is 1. The Morgan fingerprint density at radius 2 is 2.21 bits per heavy atom. The fourth-order valence-corrected chi connectivity index (χ4v) is 3.68. The van der Waals surface area contributed by atoms with Gasteiger partial charge in [0, 0.05) is 43.6 Å². The minimum absolute atomic E-state index is 0.0352. The molecule has 3 heterocycles. The zero-order chi connectivity index (χ0) is 20.2. The Morgan fingerprint density at radius 3 is 3.00 bits per heavy atom. The lowest BCUT2D eigenvalue weighted by molar-refractivity contribution is 0.0730. The first-order valence-corrected chi connectivity index (χ1v) is 10.2. The van der Waals surface area contributed by atoms with Gasteiger partial charge in [-0.3, -0.25) is 4.79 Å². The zero-order valence-corrected chi connectivity index (χ0v) is 17.0. The number of hydrogen-bond acceptors (Lipinski definition) is 4. The maximum absolute atomic E-state index is 13.0. The fourth-order valence-electron chi connectivity index (χ4n) is 3.68. The number of amides is 1. The van der Waals surface area contributed by atoms with Crippen molar-refractivity contribution in [3.05, 3.63) is 65.6 Å². The summed E-state index contributed by atoms with van der Waals surface area (Å²) in [5, 5.41) is 0. The minimum atomic E-state index is 0.0352. The quantitative estimate of drug-likeness (QED) is 0.614. The molecule has 0 spiro atoms. The Morgan fingerprint density at radius 1 is 1.31 bits per heavy atom. The third-order valence-electron chi connectivity index (χ3n) is 5.29. The fraction of sp³-hybridized carbons (Fsp3) is 0.391. The van der Waals surface area contributed by atoms with E-state index in [0.717, 1.165) is 37.5 Å². The molecule has 3 aromatic rings. The highest BCUT2D eigenvalue weighted by molar-refractivity contribution is 5.94. The van der Waals surface area contributed by atoms with Crippen LogP contribution in [0.5, 0.6) is 5.75 Å². The van der Waals surface area contributed by atoms with Crippen LogP contribution in [-0.2, 0) is 11.3 Å². The van der Waals surface area contributed by atoms with Gasteiger partial charge in [0.05, 0.1) is 12.3 Å². The first-order valence-electron chi connectivity index (χ1n) is 10.2. The van der Waals surface area contributed by atoms with Gasteiger partial charge in [0.2, 0.25) is 0 Å². The van der Waals surface area contributed by atoms with Gasteiger partial charge in [-0.15, -0.1) is 0 Å². The molecule has 4 rings (SSSR count). The van der Waals surface area contributed by atoms with E-state index in [1.165, 1.54) is 5.56 Å². The van der Waals surface area contributed by atoms with Crippen LogP contribution in [0.4, 0.5) is 0 Å². The van der Waals surface area contributed by atoms with Gasteiger partial charge in [-0.05, 0) is 50.1 Å². The summed E-state index contributed by atoms with van der Waals surface area (Å²) in [7, 11) is 0. The van der Waals surface area contributed by atoms with Crippen LogP contribution in [0.15, 0.2) is 48.8 Å². The van der Waals surface area contributed by atoms with Gasteiger partial charge in [-0.1, -0.05) is 12.1 Å². The molecule has 1 aliphatic heterocycles. The zero-order valence-electron chi connectivity index (χ0n) is 17.0. The van der Waals surface area contributed by atoms with Crippen LogP contribution in [-0.4, -0.2) is 46.5 Å². The molecule has 0 N–H and O–H groups in total. The van der Waals surface area contributed by atoms with Gasteiger partial charge in [0.1, 0.15) is 18.0 Å². The molecule has 0 aliphatic carbocycles. The van der Waals surface area contributed by atoms with E-state index in [1.807, 2.05) is 65.0 Å². The Hall–Kier alpha value is -2.86. The molecule has 1 aliphatic rings. The monoisotopic (exact) mass is 393 g/mol. The molecule has 1 unspecified atom stereocenters. The predicted molar refractivity (Wildman–Crippen MR) is 111 cm³/mol. The van der Waals surface area contributed by atoms with E-state index in [-0.39, 0.29) is 5.91 Å². The van der Waals surface area contributed by atoms with Crippen LogP contribution in [0.25, 0.3) is 5.65 Å². The molecule has 6 nitrogen and oxygen atoms in total. The molecular weight excluding hydrogens is 366 g/mol. The van der Waals surface area contributed by atoms with Crippen LogP contribution in [0.3, 0.4) is 0 Å². The Kier molecular flexibility index (Phi) is 5.81. The summed E-state index contributed by atoms with van der Waals surface area (Å²) in [4.78, 5) is 19.4. The first kappa shape index (κ1) is 19.5. The van der Waals surface area contributed by atoms with Crippen LogP contribution in [0.1, 0.15) is 35.0 Å². The molecule has 0 saturated carbocycles. The van der Waals surface area contributed by atoms with E-state index in [1.54, 1.807) is 0 Å². The highest BCUT2D eigenvalue weighted by Gasteiger charge is 2.22. The van der Waals surface area contributed by atoms with Gasteiger partial charge < -0.3 is 18.8 Å². The van der Waals surface area contributed by atoms with Crippen molar-refractivity contribution in [1.82, 2.24) is 14.3 Å². The Labute approximate surface area is 171 Å². The second-order valence-electron chi connectivity index (χ2n) is 7.59. The van der Waals surface area contributed by atoms with Gasteiger partial charge in [0.15, 0.2) is 0 Å². The highest BCUT2D eigenvalue weighted by Crippen LogP contribution is 2.19. The molecule has 0 radical (unpaired) electrons. The third kappa shape index (κ3) is 4.59. The van der Waals surface area contributed by atoms with Crippen molar-refractivity contribution < 1.29 is 14.3 Å². The molecule has 1 amide bonds. The number of aryl methyl sites for hydroxylation is 1. The van der Waals surface area contributed by atoms with Crippen molar-refractivity contribution >= 4 is 11.6 Å². The molecule has 1 atom stereocenters. The van der Waals surface area contributed by atoms with Crippen LogP contribution < -0.4 is 4.74 Å². The van der Waals surface area contributed by atoms with Crippen molar-refractivity contribution in [1.29, 1.82) is 0 Å². The van der Waals surface area contributed by atoms with E-state index < -0.39 is 0 Å². The van der Waals surface area contributed by atoms with Gasteiger partial charge in [-0.2, -0.15) is 0 Å². The summed E-state index contributed by atoms with van der Waals surface area (Å²) in [5.74, 6) is 1.13. The molecule has 29 heavy (non-hydrogen) atoms. The molecule has 6 heteroatoms. The van der Waals surface area contributed by atoms with Gasteiger partial charge >= 0.3 is 0 Å². The SMILES string of the molecule is CCN(CC1CCOC1)C(=O)c1cccc(OCc2cn3cc(C)ccc3n2)c1. The van der Waals surface area contributed by atoms with E-state index in [9.17, 15) is 4.79 Å². The number of hydrogen-bond donors (Lipinski definition) is 0. The second-order valence-corrected chi connectivity index (χ2v) is 7.59. The minimum Gasteiger partial charge on any atom is -0.487 e. The Balaban J connectivity index is 1.42. The van der Waals surface area contributed by atoms with E-state index >= 15 is 0 Å². The molecule has 1 saturated heterocycles. The number of rotatable bonds is 7. The topological polar surface area (TPSA) is 56.1 Å². The summed E-state index contributed by atoms with van der Waals surface area (Å²) in [6.07, 6.45) is 5.03. The number of aromatic nitrogens is 2. The molecule has 0 bridgehead atoms. The number of ether oxygens (including phenoxy) is 2. The third-order valence-corrected chi connectivity index (χ3v) is 5.29. The average molecular weight is 393 g/mol. The lowest BCUT2D eigenvalue weighted by atomic mass is 10.1. The van der Waals surface area contributed by atoms with Crippen LogP contribution in [0.2, 0.25) is 0 Å². The smallest absolute Gasteiger partial charge is 0.253 e. The number of benzene rings is 1. The van der Waals surface area contributed by atoms with Gasteiger partial charge in [-0.25, -0.2) is 4.98 Å². The van der Waals surface area contributed by atoms with Crippen molar-refractivity contribution in [2.75, 3.05) is 26.3 Å². The number of carbonyl (C=O) groups is 1. The first-order chi connectivity index (χ1) is 14.1. The highest BCUT2D eigenvalue weighted by atomic mass is 16.5.